The summed E-state index contributed by atoms with van der Waals surface area (Å²) < 4.78 is 0. The second-order valence-electron chi connectivity index (χ2n) is 7.68. The molecule has 0 aliphatic heterocycles. The molecule has 0 saturated carbocycles. The van der Waals surface area contributed by atoms with Crippen LogP contribution in [-0.2, 0) is 11.2 Å². The highest BCUT2D eigenvalue weighted by atomic mass is 35.5. The number of hydrogen-bond acceptors (Lipinski definition) is 5. The van der Waals surface area contributed by atoms with Crippen molar-refractivity contribution in [2.24, 2.45) is 0 Å². The molecule has 0 saturated heterocycles. The van der Waals surface area contributed by atoms with E-state index >= 15 is 0 Å². The van der Waals surface area contributed by atoms with Crippen LogP contribution in [0.5, 0.6) is 0 Å². The second kappa shape index (κ2) is 9.59. The Morgan fingerprint density at radius 2 is 1.82 bits per heavy atom. The van der Waals surface area contributed by atoms with E-state index in [4.69, 9.17) is 16.6 Å². The normalized spacial score (nSPS) is 11.0. The smallest absolute Gasteiger partial charge is 0.270 e. The van der Waals surface area contributed by atoms with E-state index < -0.39 is 0 Å². The minimum Gasteiger partial charge on any atom is -0.326 e. The zero-order valence-electron chi connectivity index (χ0n) is 17.9. The van der Waals surface area contributed by atoms with E-state index in [9.17, 15) is 9.59 Å². The first-order valence-corrected chi connectivity index (χ1v) is 11.9. The van der Waals surface area contributed by atoms with E-state index in [0.717, 1.165) is 21.8 Å². The molecule has 5 rings (SSSR count). The molecule has 0 radical (unpaired) electrons. The summed E-state index contributed by atoms with van der Waals surface area (Å²) in [7, 11) is 0. The molecule has 34 heavy (non-hydrogen) atoms. The highest BCUT2D eigenvalue weighted by Gasteiger charge is 2.12. The predicted molar refractivity (Wildman–Crippen MR) is 137 cm³/mol. The monoisotopic (exact) mass is 486 g/mol. The number of aryl methyl sites for hydroxylation is 1. The van der Waals surface area contributed by atoms with E-state index in [0.29, 0.717) is 27.4 Å². The van der Waals surface area contributed by atoms with Gasteiger partial charge in [-0.25, -0.2) is 9.97 Å². The van der Waals surface area contributed by atoms with Crippen molar-refractivity contribution in [2.75, 3.05) is 5.32 Å². The number of nitrogens with zero attached hydrogens (tertiary/aromatic N) is 2. The maximum absolute atomic E-state index is 12.6. The quantitative estimate of drug-likeness (QED) is 0.311. The number of carbonyl (C=O) groups is 1. The van der Waals surface area contributed by atoms with Crippen LogP contribution in [0.3, 0.4) is 0 Å². The number of thiazole rings is 1. The third kappa shape index (κ3) is 4.76. The molecular formula is C26H19ClN4O2S. The Morgan fingerprint density at radius 3 is 2.71 bits per heavy atom. The third-order valence-corrected chi connectivity index (χ3v) is 6.51. The van der Waals surface area contributed by atoms with Crippen molar-refractivity contribution >= 4 is 45.6 Å². The number of aromatic nitrogens is 3. The van der Waals surface area contributed by atoms with E-state index in [2.05, 4.69) is 15.3 Å². The average Bonchev–Trinajstić information content (AvgIpc) is 3.33. The largest absolute Gasteiger partial charge is 0.326 e. The molecule has 0 aliphatic carbocycles. The standard InChI is InChI=1S/C26H19ClN4O2S/c27-19-9-2-1-8-18(19)26-31-23(15-34-26)16-6-5-7-17(14-16)28-24(32)13-12-22-25(33)30-21-11-4-3-10-20(21)29-22/h1-11,14-15H,12-13H2,(H,28,32)(H,30,33). The zero-order valence-corrected chi connectivity index (χ0v) is 19.5. The van der Waals surface area contributed by atoms with E-state index in [1.807, 2.05) is 72.1 Å². The summed E-state index contributed by atoms with van der Waals surface area (Å²) in [6, 6.07) is 22.4. The number of anilines is 1. The minimum absolute atomic E-state index is 0.145. The van der Waals surface area contributed by atoms with E-state index in [1.54, 1.807) is 6.07 Å². The van der Waals surface area contributed by atoms with Crippen LogP contribution in [0, 0.1) is 0 Å². The molecule has 3 aromatic carbocycles. The molecule has 0 fully saturated rings. The number of hydrogen-bond donors (Lipinski definition) is 2. The third-order valence-electron chi connectivity index (χ3n) is 5.31. The number of fused-ring (bicyclic) bond motifs is 1. The van der Waals surface area contributed by atoms with Crippen molar-refractivity contribution in [3.05, 3.63) is 99.2 Å². The molecule has 168 valence electrons. The molecular weight excluding hydrogens is 468 g/mol. The van der Waals surface area contributed by atoms with Gasteiger partial charge in [0.05, 0.1) is 21.7 Å². The first kappa shape index (κ1) is 22.0. The van der Waals surface area contributed by atoms with Gasteiger partial charge in [-0.05, 0) is 30.3 Å². The van der Waals surface area contributed by atoms with Crippen LogP contribution in [0.2, 0.25) is 5.02 Å². The molecule has 2 aromatic heterocycles. The first-order valence-electron chi connectivity index (χ1n) is 10.7. The van der Waals surface area contributed by atoms with Crippen LogP contribution in [0.4, 0.5) is 5.69 Å². The van der Waals surface area contributed by atoms with Gasteiger partial charge in [-0.1, -0.05) is 54.1 Å². The molecule has 0 unspecified atom stereocenters. The number of benzene rings is 3. The molecule has 0 spiro atoms. The van der Waals surface area contributed by atoms with E-state index in [1.165, 1.54) is 11.3 Å². The maximum Gasteiger partial charge on any atom is 0.270 e. The fourth-order valence-corrected chi connectivity index (χ4v) is 4.76. The van der Waals surface area contributed by atoms with Crippen LogP contribution in [0.25, 0.3) is 32.9 Å². The topological polar surface area (TPSA) is 87.7 Å². The highest BCUT2D eigenvalue weighted by molar-refractivity contribution is 7.13. The molecule has 2 N–H and O–H groups in total. The van der Waals surface area contributed by atoms with Crippen LogP contribution < -0.4 is 10.9 Å². The number of carbonyl (C=O) groups excluding carboxylic acids is 1. The predicted octanol–water partition coefficient (Wildman–Crippen LogP) is 5.94. The van der Waals surface area contributed by atoms with Crippen molar-refractivity contribution in [3.63, 3.8) is 0 Å². The Balaban J connectivity index is 1.27. The van der Waals surface area contributed by atoms with Crippen molar-refractivity contribution < 1.29 is 4.79 Å². The van der Waals surface area contributed by atoms with Gasteiger partial charge in [0.1, 0.15) is 10.7 Å². The zero-order chi connectivity index (χ0) is 23.5. The fraction of sp³-hybridized carbons (Fsp3) is 0.0769. The van der Waals surface area contributed by atoms with Gasteiger partial charge in [0.2, 0.25) is 5.91 Å². The Labute approximate surface area is 204 Å². The fourth-order valence-electron chi connectivity index (χ4n) is 3.61. The average molecular weight is 487 g/mol. The molecule has 6 nitrogen and oxygen atoms in total. The number of aromatic amines is 1. The van der Waals surface area contributed by atoms with Crippen molar-refractivity contribution in [1.29, 1.82) is 0 Å². The molecule has 0 atom stereocenters. The van der Waals surface area contributed by atoms with Gasteiger partial charge in [-0.15, -0.1) is 11.3 Å². The molecule has 2 heterocycles. The number of para-hydroxylation sites is 2. The summed E-state index contributed by atoms with van der Waals surface area (Å²) in [6.45, 7) is 0. The second-order valence-corrected chi connectivity index (χ2v) is 8.94. The summed E-state index contributed by atoms with van der Waals surface area (Å²) >= 11 is 7.82. The highest BCUT2D eigenvalue weighted by Crippen LogP contribution is 2.33. The lowest BCUT2D eigenvalue weighted by Gasteiger charge is -2.07. The number of H-pyrrole nitrogens is 1. The van der Waals surface area contributed by atoms with Gasteiger partial charge in [-0.2, -0.15) is 0 Å². The number of halogens is 1. The lowest BCUT2D eigenvalue weighted by atomic mass is 10.1. The van der Waals surface area contributed by atoms with Crippen LogP contribution in [-0.4, -0.2) is 20.9 Å². The molecule has 5 aromatic rings. The lowest BCUT2D eigenvalue weighted by molar-refractivity contribution is -0.116. The first-order chi connectivity index (χ1) is 16.6. The summed E-state index contributed by atoms with van der Waals surface area (Å²) in [5.74, 6) is -0.193. The van der Waals surface area contributed by atoms with Crippen LogP contribution in [0.15, 0.2) is 83.0 Å². The molecule has 0 bridgehead atoms. The van der Waals surface area contributed by atoms with Crippen molar-refractivity contribution in [2.45, 2.75) is 12.8 Å². The van der Waals surface area contributed by atoms with Gasteiger partial charge in [0, 0.05) is 35.0 Å². The number of rotatable bonds is 6. The Bertz CT molecular complexity index is 1560. The maximum atomic E-state index is 12.6. The molecule has 0 aliphatic rings. The Hall–Kier alpha value is -3.81. The summed E-state index contributed by atoms with van der Waals surface area (Å²) in [6.07, 6.45) is 0.394. The SMILES string of the molecule is O=C(CCc1nc2ccccc2[nH]c1=O)Nc1cccc(-c2csc(-c3ccccc3Cl)n2)c1. The minimum atomic E-state index is -0.272. The van der Waals surface area contributed by atoms with Gasteiger partial charge in [-0.3, -0.25) is 9.59 Å². The van der Waals surface area contributed by atoms with Gasteiger partial charge in [0.25, 0.3) is 5.56 Å². The van der Waals surface area contributed by atoms with Gasteiger partial charge < -0.3 is 10.3 Å². The van der Waals surface area contributed by atoms with E-state index in [-0.39, 0.29) is 24.3 Å². The number of amides is 1. The number of nitrogens with one attached hydrogen (secondary N) is 2. The lowest BCUT2D eigenvalue weighted by Crippen LogP contribution is -2.19. The van der Waals surface area contributed by atoms with Gasteiger partial charge in [0.15, 0.2) is 0 Å². The Morgan fingerprint density at radius 1 is 1.00 bits per heavy atom. The van der Waals surface area contributed by atoms with Gasteiger partial charge >= 0.3 is 0 Å². The molecule has 1 amide bonds. The molecule has 8 heteroatoms. The summed E-state index contributed by atoms with van der Waals surface area (Å²) in [5, 5.41) is 6.36. The van der Waals surface area contributed by atoms with Crippen LogP contribution in [0.1, 0.15) is 12.1 Å². The van der Waals surface area contributed by atoms with Crippen molar-refractivity contribution in [3.8, 4) is 21.8 Å². The van der Waals surface area contributed by atoms with Crippen molar-refractivity contribution in [1.82, 2.24) is 15.0 Å². The van der Waals surface area contributed by atoms with Crippen LogP contribution >= 0.6 is 22.9 Å². The summed E-state index contributed by atoms with van der Waals surface area (Å²) in [4.78, 5) is 36.8. The Kier molecular flexibility index (Phi) is 6.20. The summed E-state index contributed by atoms with van der Waals surface area (Å²) in [5.41, 5.74) is 4.70.